The summed E-state index contributed by atoms with van der Waals surface area (Å²) in [5, 5.41) is 3.81. The molecular formula is C16H23N3OS. The van der Waals surface area contributed by atoms with Crippen LogP contribution in [0.2, 0.25) is 0 Å². The van der Waals surface area contributed by atoms with Crippen LogP contribution in [-0.4, -0.2) is 16.9 Å². The molecule has 1 heterocycles. The van der Waals surface area contributed by atoms with E-state index in [1.54, 1.807) is 11.3 Å². The highest BCUT2D eigenvalue weighted by atomic mass is 32.1. The molecule has 3 unspecified atom stereocenters. The van der Waals surface area contributed by atoms with Crippen LogP contribution >= 0.6 is 11.3 Å². The second-order valence-electron chi connectivity index (χ2n) is 7.08. The largest absolute Gasteiger partial charge is 0.327 e. The molecule has 0 radical (unpaired) electrons. The van der Waals surface area contributed by atoms with Gasteiger partial charge < -0.3 is 11.1 Å². The minimum absolute atomic E-state index is 0.156. The molecule has 4 nitrogen and oxygen atoms in total. The highest BCUT2D eigenvalue weighted by Crippen LogP contribution is 2.49. The lowest BCUT2D eigenvalue weighted by Crippen LogP contribution is -2.27. The number of hydrogen-bond donors (Lipinski definition) is 2. The lowest BCUT2D eigenvalue weighted by molar-refractivity contribution is -0.117. The summed E-state index contributed by atoms with van der Waals surface area (Å²) in [7, 11) is 0. The van der Waals surface area contributed by atoms with Gasteiger partial charge in [-0.3, -0.25) is 4.79 Å². The van der Waals surface area contributed by atoms with Crippen LogP contribution in [-0.2, 0) is 17.6 Å². The van der Waals surface area contributed by atoms with Crippen molar-refractivity contribution in [1.82, 2.24) is 4.98 Å². The van der Waals surface area contributed by atoms with Crippen molar-refractivity contribution in [3.8, 4) is 0 Å². The van der Waals surface area contributed by atoms with Crippen LogP contribution in [0.25, 0.3) is 0 Å². The van der Waals surface area contributed by atoms with Crippen molar-refractivity contribution in [1.29, 1.82) is 0 Å². The van der Waals surface area contributed by atoms with Crippen LogP contribution in [0, 0.1) is 17.8 Å². The molecule has 21 heavy (non-hydrogen) atoms. The summed E-state index contributed by atoms with van der Waals surface area (Å²) in [5.41, 5.74) is 7.15. The van der Waals surface area contributed by atoms with Crippen LogP contribution in [0.5, 0.6) is 0 Å². The van der Waals surface area contributed by atoms with Gasteiger partial charge in [-0.05, 0) is 56.3 Å². The van der Waals surface area contributed by atoms with Crippen LogP contribution < -0.4 is 11.1 Å². The summed E-state index contributed by atoms with van der Waals surface area (Å²) >= 11 is 1.62. The molecule has 114 valence electrons. The van der Waals surface area contributed by atoms with E-state index in [9.17, 15) is 4.79 Å². The predicted octanol–water partition coefficient (Wildman–Crippen LogP) is 2.72. The molecule has 5 heteroatoms. The molecule has 2 fully saturated rings. The number of amides is 1. The Morgan fingerprint density at radius 3 is 3.00 bits per heavy atom. The van der Waals surface area contributed by atoms with Gasteiger partial charge in [0, 0.05) is 17.3 Å². The maximum Gasteiger partial charge on any atom is 0.226 e. The summed E-state index contributed by atoms with van der Waals surface area (Å²) in [6.07, 6.45) is 8.92. The van der Waals surface area contributed by atoms with E-state index in [0.29, 0.717) is 12.3 Å². The maximum absolute atomic E-state index is 12.3. The first-order valence-electron chi connectivity index (χ1n) is 8.21. The zero-order chi connectivity index (χ0) is 14.4. The van der Waals surface area contributed by atoms with Gasteiger partial charge in [-0.15, -0.1) is 11.3 Å². The number of nitrogens with zero attached hydrogens (tertiary/aromatic N) is 1. The molecule has 1 aromatic heterocycles. The number of aromatic nitrogens is 1. The number of aryl methyl sites for hydroxylation is 1. The van der Waals surface area contributed by atoms with Gasteiger partial charge in [0.05, 0.1) is 5.69 Å². The maximum atomic E-state index is 12.3. The Balaban J connectivity index is 1.36. The van der Waals surface area contributed by atoms with E-state index >= 15 is 0 Å². The first-order valence-corrected chi connectivity index (χ1v) is 9.03. The minimum atomic E-state index is 0.156. The Morgan fingerprint density at radius 1 is 1.33 bits per heavy atom. The molecule has 3 aliphatic carbocycles. The smallest absolute Gasteiger partial charge is 0.226 e. The molecule has 2 bridgehead atoms. The quantitative estimate of drug-likeness (QED) is 0.902. The van der Waals surface area contributed by atoms with E-state index in [1.165, 1.54) is 30.6 Å². The zero-order valence-corrected chi connectivity index (χ0v) is 13.1. The van der Waals surface area contributed by atoms with Crippen molar-refractivity contribution >= 4 is 22.4 Å². The molecule has 0 saturated heterocycles. The molecule has 0 aromatic carbocycles. The van der Waals surface area contributed by atoms with Crippen molar-refractivity contribution in [2.75, 3.05) is 5.32 Å². The Bertz CT molecular complexity index is 556. The highest BCUT2D eigenvalue weighted by Gasteiger charge is 2.40. The van der Waals surface area contributed by atoms with Gasteiger partial charge in [0.15, 0.2) is 5.13 Å². The fourth-order valence-electron chi connectivity index (χ4n) is 4.49. The van der Waals surface area contributed by atoms with Crippen molar-refractivity contribution in [3.05, 3.63) is 10.6 Å². The molecule has 3 N–H and O–H groups in total. The summed E-state index contributed by atoms with van der Waals surface area (Å²) in [6, 6.07) is 0.260. The topological polar surface area (TPSA) is 68.0 Å². The molecule has 0 spiro atoms. The number of carbonyl (C=O) groups excluding carboxylic acids is 1. The Morgan fingerprint density at radius 2 is 2.24 bits per heavy atom. The normalized spacial score (nSPS) is 34.0. The van der Waals surface area contributed by atoms with Crippen molar-refractivity contribution in [3.63, 3.8) is 0 Å². The van der Waals surface area contributed by atoms with Crippen molar-refractivity contribution < 1.29 is 4.79 Å². The third kappa shape index (κ3) is 2.73. The van der Waals surface area contributed by atoms with Gasteiger partial charge in [-0.25, -0.2) is 4.98 Å². The summed E-state index contributed by atoms with van der Waals surface area (Å²) in [5.74, 6) is 2.49. The van der Waals surface area contributed by atoms with E-state index in [0.717, 1.165) is 41.9 Å². The lowest BCUT2D eigenvalue weighted by Gasteiger charge is -2.20. The van der Waals surface area contributed by atoms with E-state index < -0.39 is 0 Å². The second kappa shape index (κ2) is 5.36. The number of thiazole rings is 1. The van der Waals surface area contributed by atoms with Gasteiger partial charge in [-0.2, -0.15) is 0 Å². The van der Waals surface area contributed by atoms with Crippen LogP contribution in [0.3, 0.4) is 0 Å². The average Bonchev–Trinajstić information content (AvgIpc) is 3.12. The Kier molecular flexibility index (Phi) is 3.50. The van der Waals surface area contributed by atoms with Gasteiger partial charge in [-0.1, -0.05) is 6.42 Å². The number of rotatable bonds is 3. The number of carbonyl (C=O) groups is 1. The van der Waals surface area contributed by atoms with E-state index in [1.807, 2.05) is 0 Å². The number of anilines is 1. The van der Waals surface area contributed by atoms with Crippen LogP contribution in [0.15, 0.2) is 0 Å². The van der Waals surface area contributed by atoms with Crippen molar-refractivity contribution in [2.45, 2.75) is 57.4 Å². The number of hydrogen-bond acceptors (Lipinski definition) is 4. The fraction of sp³-hybridized carbons (Fsp3) is 0.750. The Hall–Kier alpha value is -0.940. The minimum Gasteiger partial charge on any atom is -0.327 e. The molecular weight excluding hydrogens is 282 g/mol. The number of nitrogens with two attached hydrogens (primary N) is 1. The average molecular weight is 305 g/mol. The third-order valence-electron chi connectivity index (χ3n) is 5.56. The molecule has 2 saturated carbocycles. The van der Waals surface area contributed by atoms with Crippen molar-refractivity contribution in [2.24, 2.45) is 23.5 Å². The van der Waals surface area contributed by atoms with Gasteiger partial charge in [0.25, 0.3) is 0 Å². The predicted molar refractivity (Wildman–Crippen MR) is 84.3 cm³/mol. The summed E-state index contributed by atoms with van der Waals surface area (Å²) in [4.78, 5) is 18.1. The second-order valence-corrected chi connectivity index (χ2v) is 8.16. The molecule has 1 aromatic rings. The first-order chi connectivity index (χ1) is 10.2. The molecule has 4 rings (SSSR count). The summed E-state index contributed by atoms with van der Waals surface area (Å²) in [6.45, 7) is 0. The Labute approximate surface area is 129 Å². The first kappa shape index (κ1) is 13.7. The van der Waals surface area contributed by atoms with Crippen LogP contribution in [0.1, 0.15) is 49.1 Å². The number of fused-ring (bicyclic) bond motifs is 3. The number of nitrogens with one attached hydrogen (secondary N) is 1. The molecule has 0 aliphatic heterocycles. The molecule has 4 atom stereocenters. The lowest BCUT2D eigenvalue weighted by atomic mass is 9.86. The van der Waals surface area contributed by atoms with E-state index in [-0.39, 0.29) is 11.9 Å². The fourth-order valence-corrected chi connectivity index (χ4v) is 5.61. The van der Waals surface area contributed by atoms with Gasteiger partial charge >= 0.3 is 0 Å². The van der Waals surface area contributed by atoms with Gasteiger partial charge in [0.1, 0.15) is 0 Å². The monoisotopic (exact) mass is 305 g/mol. The SMILES string of the molecule is N[C@H]1CCc2nc(NC(=O)CC3CC4CCC3C4)sc2C1. The molecule has 3 aliphatic rings. The zero-order valence-electron chi connectivity index (χ0n) is 12.3. The van der Waals surface area contributed by atoms with Crippen LogP contribution in [0.4, 0.5) is 5.13 Å². The van der Waals surface area contributed by atoms with E-state index in [4.69, 9.17) is 5.73 Å². The summed E-state index contributed by atoms with van der Waals surface area (Å²) < 4.78 is 0. The molecule has 1 amide bonds. The highest BCUT2D eigenvalue weighted by molar-refractivity contribution is 7.15. The third-order valence-corrected chi connectivity index (χ3v) is 6.59. The standard InChI is InChI=1S/C16H23N3OS/c17-12-3-4-13-14(8-12)21-16(18-13)19-15(20)7-11-6-9-1-2-10(11)5-9/h9-12H,1-8,17H2,(H,18,19,20)/t9?,10?,11?,12-/m0/s1. The van der Waals surface area contributed by atoms with E-state index in [2.05, 4.69) is 10.3 Å². The van der Waals surface area contributed by atoms with Gasteiger partial charge in [0.2, 0.25) is 5.91 Å².